The van der Waals surface area contributed by atoms with Crippen LogP contribution in [0.5, 0.6) is 0 Å². The fourth-order valence-electron chi connectivity index (χ4n) is 1.56. The number of nitrogens with one attached hydrogen (secondary N) is 1. The van der Waals surface area contributed by atoms with Crippen molar-refractivity contribution in [2.45, 2.75) is 19.1 Å². The van der Waals surface area contributed by atoms with Crippen molar-refractivity contribution in [2.24, 2.45) is 0 Å². The molecule has 0 aliphatic rings. The second-order valence-electron chi connectivity index (χ2n) is 3.75. The lowest BCUT2D eigenvalue weighted by Gasteiger charge is -2.18. The lowest BCUT2D eigenvalue weighted by Crippen LogP contribution is -2.29. The fraction of sp³-hybridized carbons (Fsp3) is 0.455. The summed E-state index contributed by atoms with van der Waals surface area (Å²) in [7, 11) is 1.72. The van der Waals surface area contributed by atoms with Crippen LogP contribution in [0.4, 0.5) is 5.69 Å². The van der Waals surface area contributed by atoms with Gasteiger partial charge < -0.3 is 21.3 Å². The highest BCUT2D eigenvalue weighted by Crippen LogP contribution is 2.20. The Morgan fingerprint density at radius 3 is 2.53 bits per heavy atom. The predicted octanol–water partition coefficient (Wildman–Crippen LogP) is 0.191. The third-order valence-corrected chi connectivity index (χ3v) is 2.24. The largest absolute Gasteiger partial charge is 0.399 e. The van der Waals surface area contributed by atoms with Gasteiger partial charge in [-0.2, -0.15) is 0 Å². The smallest absolute Gasteiger partial charge is 0.106 e. The molecule has 0 saturated heterocycles. The first-order valence-electron chi connectivity index (χ1n) is 4.92. The Morgan fingerprint density at radius 2 is 2.00 bits per heavy atom. The van der Waals surface area contributed by atoms with Crippen molar-refractivity contribution in [1.82, 2.24) is 5.32 Å². The number of aliphatic hydroxyl groups excluding tert-OH is 2. The lowest BCUT2D eigenvalue weighted by atomic mass is 10.0. The van der Waals surface area contributed by atoms with Crippen LogP contribution >= 0.6 is 0 Å². The van der Waals surface area contributed by atoms with E-state index in [-0.39, 0.29) is 0 Å². The number of rotatable bonds is 4. The molecule has 4 heteroatoms. The molecule has 1 aromatic rings. The average Bonchev–Trinajstić information content (AvgIpc) is 2.15. The van der Waals surface area contributed by atoms with Gasteiger partial charge in [0.2, 0.25) is 0 Å². The summed E-state index contributed by atoms with van der Waals surface area (Å²) in [6.07, 6.45) is -1.73. The highest BCUT2D eigenvalue weighted by atomic mass is 16.3. The van der Waals surface area contributed by atoms with Crippen LogP contribution in [-0.4, -0.2) is 29.9 Å². The van der Waals surface area contributed by atoms with Crippen molar-refractivity contribution >= 4 is 5.69 Å². The van der Waals surface area contributed by atoms with Gasteiger partial charge in [0, 0.05) is 12.2 Å². The molecule has 2 atom stereocenters. The first-order chi connectivity index (χ1) is 7.04. The van der Waals surface area contributed by atoms with Gasteiger partial charge in [-0.15, -0.1) is 0 Å². The first-order valence-corrected chi connectivity index (χ1v) is 4.92. The van der Waals surface area contributed by atoms with Crippen molar-refractivity contribution in [3.05, 3.63) is 29.3 Å². The Labute approximate surface area is 89.7 Å². The van der Waals surface area contributed by atoms with Gasteiger partial charge in [0.05, 0.1) is 6.10 Å². The van der Waals surface area contributed by atoms with Crippen LogP contribution in [0.3, 0.4) is 0 Å². The maximum Gasteiger partial charge on any atom is 0.106 e. The molecular formula is C11H18N2O2. The predicted molar refractivity (Wildman–Crippen MR) is 60.5 cm³/mol. The van der Waals surface area contributed by atoms with E-state index in [4.69, 9.17) is 5.73 Å². The molecule has 2 unspecified atom stereocenters. The molecule has 0 bridgehead atoms. The first kappa shape index (κ1) is 12.0. The Balaban J connectivity index is 2.85. The van der Waals surface area contributed by atoms with E-state index in [0.717, 1.165) is 5.56 Å². The minimum Gasteiger partial charge on any atom is -0.399 e. The number of aliphatic hydroxyl groups is 2. The average molecular weight is 210 g/mol. The van der Waals surface area contributed by atoms with E-state index >= 15 is 0 Å². The molecule has 1 aromatic carbocycles. The molecule has 0 aliphatic heterocycles. The molecule has 0 heterocycles. The van der Waals surface area contributed by atoms with E-state index in [1.54, 1.807) is 13.1 Å². The summed E-state index contributed by atoms with van der Waals surface area (Å²) >= 11 is 0. The minimum atomic E-state index is -0.903. The number of likely N-dealkylation sites (N-methyl/N-ethyl adjacent to an activating group) is 1. The van der Waals surface area contributed by atoms with E-state index in [1.165, 1.54) is 0 Å². The molecule has 5 N–H and O–H groups in total. The van der Waals surface area contributed by atoms with Gasteiger partial charge in [0.1, 0.15) is 6.10 Å². The Hall–Kier alpha value is -1.10. The second-order valence-corrected chi connectivity index (χ2v) is 3.75. The molecular weight excluding hydrogens is 192 g/mol. The van der Waals surface area contributed by atoms with Gasteiger partial charge in [-0.25, -0.2) is 0 Å². The zero-order valence-corrected chi connectivity index (χ0v) is 9.07. The fourth-order valence-corrected chi connectivity index (χ4v) is 1.56. The summed E-state index contributed by atoms with van der Waals surface area (Å²) in [5.41, 5.74) is 7.88. The van der Waals surface area contributed by atoms with E-state index in [0.29, 0.717) is 17.8 Å². The number of hydrogen-bond acceptors (Lipinski definition) is 4. The van der Waals surface area contributed by atoms with Crippen LogP contribution in [0.25, 0.3) is 0 Å². The molecule has 0 aromatic heterocycles. The number of nitrogen functional groups attached to an aromatic ring is 1. The van der Waals surface area contributed by atoms with Gasteiger partial charge >= 0.3 is 0 Å². The van der Waals surface area contributed by atoms with Crippen molar-refractivity contribution in [2.75, 3.05) is 19.3 Å². The maximum atomic E-state index is 9.82. The van der Waals surface area contributed by atoms with E-state index < -0.39 is 12.2 Å². The third kappa shape index (κ3) is 3.20. The van der Waals surface area contributed by atoms with Gasteiger partial charge in [0.25, 0.3) is 0 Å². The molecule has 0 saturated carbocycles. The standard InChI is InChI=1S/C11H18N2O2/c1-7-3-8(5-9(12)4-7)11(15)10(14)6-13-2/h3-5,10-11,13-15H,6,12H2,1-2H3. The molecule has 4 nitrogen and oxygen atoms in total. The molecule has 15 heavy (non-hydrogen) atoms. The van der Waals surface area contributed by atoms with Crippen molar-refractivity contribution in [3.8, 4) is 0 Å². The topological polar surface area (TPSA) is 78.5 Å². The third-order valence-electron chi connectivity index (χ3n) is 2.24. The number of hydrogen-bond donors (Lipinski definition) is 4. The van der Waals surface area contributed by atoms with Gasteiger partial charge in [-0.3, -0.25) is 0 Å². The zero-order valence-electron chi connectivity index (χ0n) is 9.07. The van der Waals surface area contributed by atoms with Gasteiger partial charge in [-0.05, 0) is 37.2 Å². The van der Waals surface area contributed by atoms with Crippen LogP contribution in [-0.2, 0) is 0 Å². The van der Waals surface area contributed by atoms with E-state index in [9.17, 15) is 10.2 Å². The van der Waals surface area contributed by atoms with Crippen molar-refractivity contribution in [1.29, 1.82) is 0 Å². The number of benzene rings is 1. The molecule has 0 radical (unpaired) electrons. The van der Waals surface area contributed by atoms with Gasteiger partial charge in [-0.1, -0.05) is 6.07 Å². The van der Waals surface area contributed by atoms with E-state index in [2.05, 4.69) is 5.32 Å². The number of anilines is 1. The minimum absolute atomic E-state index is 0.342. The SMILES string of the molecule is CNCC(O)C(O)c1cc(C)cc(N)c1. The Bertz CT molecular complexity index is 308. The summed E-state index contributed by atoms with van der Waals surface area (Å²) in [6.45, 7) is 2.24. The summed E-state index contributed by atoms with van der Waals surface area (Å²) in [6, 6.07) is 5.32. The molecule has 84 valence electrons. The van der Waals surface area contributed by atoms with Crippen LogP contribution in [0, 0.1) is 6.92 Å². The number of aryl methyl sites for hydroxylation is 1. The monoisotopic (exact) mass is 210 g/mol. The van der Waals surface area contributed by atoms with Crippen LogP contribution in [0.15, 0.2) is 18.2 Å². The Kier molecular flexibility index (Phi) is 4.08. The Morgan fingerprint density at radius 1 is 1.33 bits per heavy atom. The van der Waals surface area contributed by atoms with Crippen LogP contribution < -0.4 is 11.1 Å². The summed E-state index contributed by atoms with van der Waals surface area (Å²) in [5.74, 6) is 0. The number of nitrogens with two attached hydrogens (primary N) is 1. The molecule has 0 aliphatic carbocycles. The van der Waals surface area contributed by atoms with Crippen molar-refractivity contribution in [3.63, 3.8) is 0 Å². The molecule has 0 fully saturated rings. The van der Waals surface area contributed by atoms with Crippen LogP contribution in [0.2, 0.25) is 0 Å². The second kappa shape index (κ2) is 5.11. The summed E-state index contributed by atoms with van der Waals surface area (Å²) in [4.78, 5) is 0. The maximum absolute atomic E-state index is 9.82. The molecule has 0 amide bonds. The zero-order chi connectivity index (χ0) is 11.4. The summed E-state index contributed by atoms with van der Waals surface area (Å²) in [5, 5.41) is 22.2. The lowest BCUT2D eigenvalue weighted by molar-refractivity contribution is 0.0202. The van der Waals surface area contributed by atoms with Gasteiger partial charge in [0.15, 0.2) is 0 Å². The quantitative estimate of drug-likeness (QED) is 0.535. The highest BCUT2D eigenvalue weighted by molar-refractivity contribution is 5.45. The molecule has 1 rings (SSSR count). The van der Waals surface area contributed by atoms with E-state index in [1.807, 2.05) is 19.1 Å². The normalized spacial score (nSPS) is 14.9. The highest BCUT2D eigenvalue weighted by Gasteiger charge is 2.17. The molecule has 0 spiro atoms. The van der Waals surface area contributed by atoms with Crippen molar-refractivity contribution < 1.29 is 10.2 Å². The summed E-state index contributed by atoms with van der Waals surface area (Å²) < 4.78 is 0. The van der Waals surface area contributed by atoms with Crippen LogP contribution in [0.1, 0.15) is 17.2 Å².